The lowest BCUT2D eigenvalue weighted by atomic mass is 10.3. The highest BCUT2D eigenvalue weighted by Gasteiger charge is 2.10. The lowest BCUT2D eigenvalue weighted by Gasteiger charge is -1.88. The van der Waals surface area contributed by atoms with Crippen molar-refractivity contribution in [2.45, 2.75) is 20.3 Å². The van der Waals surface area contributed by atoms with Gasteiger partial charge in [0, 0.05) is 12.1 Å². The summed E-state index contributed by atoms with van der Waals surface area (Å²) in [6.07, 6.45) is 2.44. The summed E-state index contributed by atoms with van der Waals surface area (Å²) in [7, 11) is 0. The molecule has 5 nitrogen and oxygen atoms in total. The van der Waals surface area contributed by atoms with E-state index in [4.69, 9.17) is 4.42 Å². The molecule has 2 aromatic heterocycles. The Morgan fingerprint density at radius 3 is 2.85 bits per heavy atom. The van der Waals surface area contributed by atoms with Crippen LogP contribution < -0.4 is 0 Å². The quantitative estimate of drug-likeness (QED) is 0.753. The molecule has 68 valence electrons. The highest BCUT2D eigenvalue weighted by Crippen LogP contribution is 2.19. The Balaban J connectivity index is 2.41. The van der Waals surface area contributed by atoms with Crippen molar-refractivity contribution in [2.75, 3.05) is 0 Å². The third kappa shape index (κ3) is 1.32. The van der Waals surface area contributed by atoms with Crippen LogP contribution in [0.4, 0.5) is 0 Å². The van der Waals surface area contributed by atoms with Crippen LogP contribution in [0, 0.1) is 6.92 Å². The Bertz CT molecular complexity index is 404. The largest absolute Gasteiger partial charge is 0.421 e. The molecule has 0 aliphatic rings. The highest BCUT2D eigenvalue weighted by molar-refractivity contribution is 5.53. The van der Waals surface area contributed by atoms with Gasteiger partial charge in [-0.1, -0.05) is 6.92 Å². The van der Waals surface area contributed by atoms with E-state index in [0.29, 0.717) is 11.8 Å². The van der Waals surface area contributed by atoms with E-state index >= 15 is 0 Å². The highest BCUT2D eigenvalue weighted by atomic mass is 16.4. The van der Waals surface area contributed by atoms with Crippen molar-refractivity contribution in [3.05, 3.63) is 17.8 Å². The molecule has 0 aromatic carbocycles. The molecule has 0 aliphatic heterocycles. The van der Waals surface area contributed by atoms with Gasteiger partial charge in [0.2, 0.25) is 5.89 Å². The molecule has 0 aliphatic carbocycles. The SMILES string of the molecule is CCc1nnc(-c2cn[nH]c2C)o1. The molecular formula is C8H10N4O. The van der Waals surface area contributed by atoms with Gasteiger partial charge < -0.3 is 4.42 Å². The molecule has 2 heterocycles. The summed E-state index contributed by atoms with van der Waals surface area (Å²) in [5.41, 5.74) is 1.80. The number of nitrogens with zero attached hydrogens (tertiary/aromatic N) is 3. The van der Waals surface area contributed by atoms with Crippen LogP contribution in [0.1, 0.15) is 18.5 Å². The lowest BCUT2D eigenvalue weighted by Crippen LogP contribution is -1.78. The Kier molecular flexibility index (Phi) is 1.84. The fourth-order valence-electron chi connectivity index (χ4n) is 1.07. The summed E-state index contributed by atoms with van der Waals surface area (Å²) in [6, 6.07) is 0. The minimum absolute atomic E-state index is 0.531. The summed E-state index contributed by atoms with van der Waals surface area (Å²) in [5.74, 6) is 1.18. The number of hydrogen-bond acceptors (Lipinski definition) is 4. The molecule has 13 heavy (non-hydrogen) atoms. The van der Waals surface area contributed by atoms with Crippen LogP contribution >= 0.6 is 0 Å². The van der Waals surface area contributed by atoms with Gasteiger partial charge in [0.15, 0.2) is 0 Å². The molecular weight excluding hydrogens is 168 g/mol. The number of aryl methyl sites for hydroxylation is 2. The minimum Gasteiger partial charge on any atom is -0.421 e. The lowest BCUT2D eigenvalue weighted by molar-refractivity contribution is 0.512. The molecule has 0 unspecified atom stereocenters. The van der Waals surface area contributed by atoms with Crippen LogP contribution in [-0.2, 0) is 6.42 Å². The van der Waals surface area contributed by atoms with Gasteiger partial charge in [-0.3, -0.25) is 5.10 Å². The average molecular weight is 178 g/mol. The van der Waals surface area contributed by atoms with Crippen molar-refractivity contribution in [3.63, 3.8) is 0 Å². The molecule has 0 radical (unpaired) electrons. The van der Waals surface area contributed by atoms with Crippen molar-refractivity contribution in [1.29, 1.82) is 0 Å². The second-order valence-corrected chi connectivity index (χ2v) is 2.76. The second-order valence-electron chi connectivity index (χ2n) is 2.76. The van der Waals surface area contributed by atoms with E-state index in [1.54, 1.807) is 6.20 Å². The fraction of sp³-hybridized carbons (Fsp3) is 0.375. The van der Waals surface area contributed by atoms with E-state index < -0.39 is 0 Å². The Morgan fingerprint density at radius 2 is 2.31 bits per heavy atom. The van der Waals surface area contributed by atoms with Crippen LogP contribution in [-0.4, -0.2) is 20.4 Å². The summed E-state index contributed by atoms with van der Waals surface area (Å²) in [5, 5.41) is 14.5. The summed E-state index contributed by atoms with van der Waals surface area (Å²) < 4.78 is 5.38. The monoisotopic (exact) mass is 178 g/mol. The van der Waals surface area contributed by atoms with Crippen LogP contribution in [0.15, 0.2) is 10.6 Å². The van der Waals surface area contributed by atoms with Crippen LogP contribution in [0.3, 0.4) is 0 Å². The number of nitrogens with one attached hydrogen (secondary N) is 1. The van der Waals surface area contributed by atoms with E-state index in [1.165, 1.54) is 0 Å². The molecule has 0 fully saturated rings. The van der Waals surface area contributed by atoms with E-state index in [2.05, 4.69) is 20.4 Å². The normalized spacial score (nSPS) is 10.6. The molecule has 2 rings (SSSR count). The van der Waals surface area contributed by atoms with Gasteiger partial charge in [-0.15, -0.1) is 10.2 Å². The Hall–Kier alpha value is -1.65. The molecule has 2 aromatic rings. The molecule has 0 bridgehead atoms. The zero-order valence-corrected chi connectivity index (χ0v) is 7.53. The minimum atomic E-state index is 0.531. The van der Waals surface area contributed by atoms with Crippen molar-refractivity contribution >= 4 is 0 Å². The standard InChI is InChI=1S/C8H10N4O/c1-3-7-11-12-8(13-7)6-4-9-10-5(6)2/h4H,3H2,1-2H3,(H,9,10). The van der Waals surface area contributed by atoms with Crippen molar-refractivity contribution < 1.29 is 4.42 Å². The maximum atomic E-state index is 5.38. The second kappa shape index (κ2) is 3.01. The summed E-state index contributed by atoms with van der Waals surface area (Å²) in [6.45, 7) is 3.89. The predicted octanol–water partition coefficient (Wildman–Crippen LogP) is 1.33. The molecule has 0 atom stereocenters. The maximum Gasteiger partial charge on any atom is 0.251 e. The van der Waals surface area contributed by atoms with E-state index in [9.17, 15) is 0 Å². The third-order valence-electron chi connectivity index (χ3n) is 1.83. The molecule has 1 N–H and O–H groups in total. The Morgan fingerprint density at radius 1 is 1.46 bits per heavy atom. The number of aromatic amines is 1. The Labute approximate surface area is 75.2 Å². The van der Waals surface area contributed by atoms with E-state index in [-0.39, 0.29) is 0 Å². The van der Waals surface area contributed by atoms with Gasteiger partial charge >= 0.3 is 0 Å². The van der Waals surface area contributed by atoms with Crippen LogP contribution in [0.5, 0.6) is 0 Å². The van der Waals surface area contributed by atoms with Crippen molar-refractivity contribution in [2.24, 2.45) is 0 Å². The van der Waals surface area contributed by atoms with E-state index in [0.717, 1.165) is 17.7 Å². The number of rotatable bonds is 2. The molecule has 0 amide bonds. The smallest absolute Gasteiger partial charge is 0.251 e. The molecule has 0 saturated carbocycles. The van der Waals surface area contributed by atoms with Crippen molar-refractivity contribution in [1.82, 2.24) is 20.4 Å². The molecule has 5 heteroatoms. The van der Waals surface area contributed by atoms with Crippen molar-refractivity contribution in [3.8, 4) is 11.5 Å². The molecule has 0 spiro atoms. The maximum absolute atomic E-state index is 5.38. The van der Waals surface area contributed by atoms with Crippen LogP contribution in [0.2, 0.25) is 0 Å². The predicted molar refractivity (Wildman–Crippen MR) is 46.0 cm³/mol. The first-order chi connectivity index (χ1) is 6.31. The number of H-pyrrole nitrogens is 1. The van der Waals surface area contributed by atoms with E-state index in [1.807, 2.05) is 13.8 Å². The van der Waals surface area contributed by atoms with Gasteiger partial charge in [-0.25, -0.2) is 0 Å². The zero-order chi connectivity index (χ0) is 9.26. The van der Waals surface area contributed by atoms with Gasteiger partial charge in [-0.05, 0) is 6.92 Å². The van der Waals surface area contributed by atoms with Gasteiger partial charge in [-0.2, -0.15) is 5.10 Å². The summed E-state index contributed by atoms with van der Waals surface area (Å²) >= 11 is 0. The van der Waals surface area contributed by atoms with Crippen LogP contribution in [0.25, 0.3) is 11.5 Å². The summed E-state index contributed by atoms with van der Waals surface area (Å²) in [4.78, 5) is 0. The number of aromatic nitrogens is 4. The fourth-order valence-corrected chi connectivity index (χ4v) is 1.07. The first-order valence-corrected chi connectivity index (χ1v) is 4.14. The average Bonchev–Trinajstić information content (AvgIpc) is 2.71. The third-order valence-corrected chi connectivity index (χ3v) is 1.83. The number of hydrogen-bond donors (Lipinski definition) is 1. The van der Waals surface area contributed by atoms with Gasteiger partial charge in [0.05, 0.1) is 11.8 Å². The van der Waals surface area contributed by atoms with Gasteiger partial charge in [0.1, 0.15) is 0 Å². The molecule has 0 saturated heterocycles. The topological polar surface area (TPSA) is 67.6 Å². The zero-order valence-electron chi connectivity index (χ0n) is 7.53. The van der Waals surface area contributed by atoms with Gasteiger partial charge in [0.25, 0.3) is 5.89 Å². The first-order valence-electron chi connectivity index (χ1n) is 4.14. The first kappa shape index (κ1) is 7.97.